The molecule has 0 aliphatic heterocycles. The van der Waals surface area contributed by atoms with Crippen LogP contribution in [0.3, 0.4) is 0 Å². The zero-order valence-corrected chi connectivity index (χ0v) is 11.5. The van der Waals surface area contributed by atoms with Crippen molar-refractivity contribution < 1.29 is 9.47 Å². The Labute approximate surface area is 110 Å². The van der Waals surface area contributed by atoms with E-state index in [1.54, 1.807) is 0 Å². The normalized spacial score (nSPS) is 26.7. The highest BCUT2D eigenvalue weighted by atomic mass is 16.7. The highest BCUT2D eigenvalue weighted by molar-refractivity contribution is 5.32. The lowest BCUT2D eigenvalue weighted by atomic mass is 9.94. The van der Waals surface area contributed by atoms with Crippen molar-refractivity contribution in [1.82, 2.24) is 0 Å². The van der Waals surface area contributed by atoms with E-state index in [-0.39, 0.29) is 0 Å². The lowest BCUT2D eigenvalue weighted by Crippen LogP contribution is -2.38. The van der Waals surface area contributed by atoms with E-state index in [0.29, 0.717) is 0 Å². The van der Waals surface area contributed by atoms with Gasteiger partial charge in [-0.2, -0.15) is 0 Å². The monoisotopic (exact) mass is 246 g/mol. The quantitative estimate of drug-likeness (QED) is 0.675. The molecule has 98 valence electrons. The molecule has 0 aromatic carbocycles. The summed E-state index contributed by atoms with van der Waals surface area (Å²) >= 11 is 0. The van der Waals surface area contributed by atoms with Gasteiger partial charge in [0.05, 0.1) is 6.61 Å². The predicted octanol–water partition coefficient (Wildman–Crippen LogP) is 4.27. The minimum absolute atomic E-state index is 0.601. The average molecular weight is 246 g/mol. The first-order valence-electron chi connectivity index (χ1n) is 6.71. The van der Waals surface area contributed by atoms with Crippen molar-refractivity contribution >= 4 is 0 Å². The van der Waals surface area contributed by atoms with Gasteiger partial charge >= 0.3 is 0 Å². The number of rotatable bonds is 5. The van der Waals surface area contributed by atoms with Crippen LogP contribution in [0.25, 0.3) is 0 Å². The standard InChI is InChI=1S/C16H22O2/c1-4-11-17-16(18-15-7-5-6-8-15)10-9-13(2)12-14(16)3/h5,7-9,12H,4,6,10-11H2,1-3H3. The SMILES string of the molecule is CCCOC1(OC2=CCC=C2)CC=C(C)C=C1C. The molecule has 0 fully saturated rings. The molecule has 0 aromatic rings. The average Bonchev–Trinajstić information content (AvgIpc) is 2.84. The van der Waals surface area contributed by atoms with Crippen molar-refractivity contribution in [2.45, 2.75) is 45.8 Å². The molecule has 0 radical (unpaired) electrons. The molecule has 18 heavy (non-hydrogen) atoms. The van der Waals surface area contributed by atoms with Crippen LogP contribution in [-0.2, 0) is 9.47 Å². The first-order valence-corrected chi connectivity index (χ1v) is 6.71. The topological polar surface area (TPSA) is 18.5 Å². The van der Waals surface area contributed by atoms with Crippen LogP contribution in [0.1, 0.15) is 40.0 Å². The van der Waals surface area contributed by atoms with Gasteiger partial charge in [0.15, 0.2) is 0 Å². The van der Waals surface area contributed by atoms with Crippen molar-refractivity contribution in [3.8, 4) is 0 Å². The molecule has 2 nitrogen and oxygen atoms in total. The molecule has 1 atom stereocenters. The fraction of sp³-hybridized carbons (Fsp3) is 0.500. The van der Waals surface area contributed by atoms with Crippen LogP contribution in [0.4, 0.5) is 0 Å². The Morgan fingerprint density at radius 2 is 2.11 bits per heavy atom. The lowest BCUT2D eigenvalue weighted by molar-refractivity contribution is -0.184. The predicted molar refractivity (Wildman–Crippen MR) is 74.0 cm³/mol. The Kier molecular flexibility index (Phi) is 4.07. The fourth-order valence-corrected chi connectivity index (χ4v) is 2.26. The van der Waals surface area contributed by atoms with Crippen LogP contribution in [0.15, 0.2) is 47.3 Å². The van der Waals surface area contributed by atoms with Crippen LogP contribution in [-0.4, -0.2) is 12.4 Å². The molecule has 0 spiro atoms. The van der Waals surface area contributed by atoms with Gasteiger partial charge in [0, 0.05) is 6.42 Å². The van der Waals surface area contributed by atoms with Gasteiger partial charge in [0.25, 0.3) is 0 Å². The minimum atomic E-state index is -0.601. The Hall–Kier alpha value is -1.28. The van der Waals surface area contributed by atoms with Crippen LogP contribution < -0.4 is 0 Å². The molecular formula is C16H22O2. The molecule has 2 aliphatic rings. The van der Waals surface area contributed by atoms with Crippen LogP contribution >= 0.6 is 0 Å². The summed E-state index contributed by atoms with van der Waals surface area (Å²) in [5.74, 6) is 0.322. The molecule has 2 aliphatic carbocycles. The summed E-state index contributed by atoms with van der Waals surface area (Å²) in [5, 5.41) is 0. The Bertz CT molecular complexity index is 426. The summed E-state index contributed by atoms with van der Waals surface area (Å²) in [6, 6.07) is 0. The fourth-order valence-electron chi connectivity index (χ4n) is 2.26. The molecule has 2 heteroatoms. The van der Waals surface area contributed by atoms with Crippen molar-refractivity contribution in [2.75, 3.05) is 6.61 Å². The second kappa shape index (κ2) is 5.57. The summed E-state index contributed by atoms with van der Waals surface area (Å²) in [5.41, 5.74) is 2.43. The molecule has 0 amide bonds. The Balaban J connectivity index is 2.18. The summed E-state index contributed by atoms with van der Waals surface area (Å²) in [6.45, 7) is 7.04. The van der Waals surface area contributed by atoms with Crippen molar-refractivity contribution in [3.63, 3.8) is 0 Å². The Morgan fingerprint density at radius 1 is 1.28 bits per heavy atom. The number of ether oxygens (including phenoxy) is 2. The summed E-state index contributed by atoms with van der Waals surface area (Å²) in [4.78, 5) is 0. The zero-order valence-electron chi connectivity index (χ0n) is 11.5. The van der Waals surface area contributed by atoms with E-state index >= 15 is 0 Å². The molecule has 0 heterocycles. The molecule has 0 bridgehead atoms. The lowest BCUT2D eigenvalue weighted by Gasteiger charge is -2.36. The maximum absolute atomic E-state index is 6.14. The first kappa shape index (κ1) is 13.2. The van der Waals surface area contributed by atoms with E-state index in [1.807, 2.05) is 6.08 Å². The third kappa shape index (κ3) is 2.75. The maximum atomic E-state index is 6.14. The summed E-state index contributed by atoms with van der Waals surface area (Å²) in [7, 11) is 0. The smallest absolute Gasteiger partial charge is 0.236 e. The zero-order chi connectivity index (χ0) is 13.0. The molecule has 0 saturated heterocycles. The van der Waals surface area contributed by atoms with Crippen LogP contribution in [0, 0.1) is 0 Å². The molecule has 2 rings (SSSR count). The van der Waals surface area contributed by atoms with Gasteiger partial charge in [-0.3, -0.25) is 0 Å². The Morgan fingerprint density at radius 3 is 2.72 bits per heavy atom. The number of allylic oxidation sites excluding steroid dienone is 5. The largest absolute Gasteiger partial charge is 0.458 e. The molecular weight excluding hydrogens is 224 g/mol. The van der Waals surface area contributed by atoms with E-state index in [1.165, 1.54) is 5.57 Å². The van der Waals surface area contributed by atoms with Gasteiger partial charge in [-0.15, -0.1) is 0 Å². The van der Waals surface area contributed by atoms with E-state index in [2.05, 4.69) is 45.1 Å². The highest BCUT2D eigenvalue weighted by Crippen LogP contribution is 2.36. The molecule has 0 saturated carbocycles. The summed E-state index contributed by atoms with van der Waals surface area (Å²) in [6.07, 6.45) is 13.3. The van der Waals surface area contributed by atoms with Gasteiger partial charge in [0.2, 0.25) is 5.79 Å². The highest BCUT2D eigenvalue weighted by Gasteiger charge is 2.36. The van der Waals surface area contributed by atoms with Crippen LogP contribution in [0.5, 0.6) is 0 Å². The second-order valence-corrected chi connectivity index (χ2v) is 4.93. The van der Waals surface area contributed by atoms with Crippen molar-refractivity contribution in [1.29, 1.82) is 0 Å². The molecule has 1 unspecified atom stereocenters. The third-order valence-electron chi connectivity index (χ3n) is 3.30. The van der Waals surface area contributed by atoms with Gasteiger partial charge in [-0.1, -0.05) is 30.7 Å². The van der Waals surface area contributed by atoms with Crippen LogP contribution in [0.2, 0.25) is 0 Å². The third-order valence-corrected chi connectivity index (χ3v) is 3.30. The number of hydrogen-bond donors (Lipinski definition) is 0. The van der Waals surface area contributed by atoms with Gasteiger partial charge in [-0.25, -0.2) is 0 Å². The van der Waals surface area contributed by atoms with Gasteiger partial charge < -0.3 is 9.47 Å². The molecule has 0 N–H and O–H groups in total. The van der Waals surface area contributed by atoms with Crippen molar-refractivity contribution in [2.24, 2.45) is 0 Å². The van der Waals surface area contributed by atoms with Crippen molar-refractivity contribution in [3.05, 3.63) is 47.3 Å². The van der Waals surface area contributed by atoms with E-state index in [0.717, 1.165) is 37.2 Å². The summed E-state index contributed by atoms with van der Waals surface area (Å²) < 4.78 is 12.2. The second-order valence-electron chi connectivity index (χ2n) is 4.93. The molecule has 0 aromatic heterocycles. The first-order chi connectivity index (χ1) is 8.66. The van der Waals surface area contributed by atoms with E-state index < -0.39 is 5.79 Å². The van der Waals surface area contributed by atoms with E-state index in [9.17, 15) is 0 Å². The maximum Gasteiger partial charge on any atom is 0.236 e. The number of hydrogen-bond acceptors (Lipinski definition) is 2. The minimum Gasteiger partial charge on any atom is -0.458 e. The van der Waals surface area contributed by atoms with E-state index in [4.69, 9.17) is 9.47 Å². The van der Waals surface area contributed by atoms with Gasteiger partial charge in [-0.05, 0) is 44.4 Å². The van der Waals surface area contributed by atoms with Gasteiger partial charge in [0.1, 0.15) is 5.76 Å².